The van der Waals surface area contributed by atoms with Crippen molar-refractivity contribution in [2.45, 2.75) is 31.7 Å². The zero-order valence-corrected chi connectivity index (χ0v) is 14.8. The maximum Gasteiger partial charge on any atom is 0.243 e. The van der Waals surface area contributed by atoms with Crippen molar-refractivity contribution in [1.29, 1.82) is 0 Å². The third kappa shape index (κ3) is 4.76. The average Bonchev–Trinajstić information content (AvgIpc) is 2.47. The molecule has 128 valence electrons. The fraction of sp³-hybridized carbons (Fsp3) is 0.562. The van der Waals surface area contributed by atoms with E-state index in [1.807, 2.05) is 25.7 Å². The van der Waals surface area contributed by atoms with Gasteiger partial charge in [0.05, 0.1) is 11.4 Å². The molecule has 1 aromatic carbocycles. The third-order valence-electron chi connectivity index (χ3n) is 3.81. The van der Waals surface area contributed by atoms with Gasteiger partial charge in [0, 0.05) is 32.2 Å². The molecule has 1 saturated heterocycles. The largest absolute Gasteiger partial charge is 0.353 e. The van der Waals surface area contributed by atoms with E-state index in [4.69, 9.17) is 0 Å². The number of aryl methyl sites for hydroxylation is 1. The molecule has 1 heterocycles. The van der Waals surface area contributed by atoms with Crippen molar-refractivity contribution < 1.29 is 13.2 Å². The second kappa shape index (κ2) is 7.42. The topological polar surface area (TPSA) is 69.7 Å². The molecule has 0 spiro atoms. The summed E-state index contributed by atoms with van der Waals surface area (Å²) in [6.45, 7) is 8.03. The number of nitrogens with one attached hydrogen (secondary N) is 1. The number of carbonyl (C=O) groups excluding carboxylic acids is 1. The van der Waals surface area contributed by atoms with E-state index in [0.717, 1.165) is 5.56 Å². The van der Waals surface area contributed by atoms with Gasteiger partial charge in [-0.2, -0.15) is 4.31 Å². The predicted octanol–water partition coefficient (Wildman–Crippen LogP) is 0.826. The van der Waals surface area contributed by atoms with Crippen LogP contribution in [0.3, 0.4) is 0 Å². The molecule has 1 aliphatic rings. The summed E-state index contributed by atoms with van der Waals surface area (Å²) in [5.41, 5.74) is 1.03. The number of benzene rings is 1. The highest BCUT2D eigenvalue weighted by atomic mass is 32.2. The molecule has 1 aliphatic heterocycles. The number of piperazine rings is 1. The molecule has 0 aliphatic carbocycles. The Hall–Kier alpha value is -1.44. The van der Waals surface area contributed by atoms with Gasteiger partial charge in [-0.3, -0.25) is 9.69 Å². The smallest absolute Gasteiger partial charge is 0.243 e. The third-order valence-corrected chi connectivity index (χ3v) is 5.72. The van der Waals surface area contributed by atoms with Gasteiger partial charge in [0.2, 0.25) is 15.9 Å². The Labute approximate surface area is 138 Å². The van der Waals surface area contributed by atoms with Crippen LogP contribution in [-0.4, -0.2) is 62.3 Å². The van der Waals surface area contributed by atoms with Crippen LogP contribution in [0.5, 0.6) is 0 Å². The summed E-state index contributed by atoms with van der Waals surface area (Å²) < 4.78 is 26.7. The van der Waals surface area contributed by atoms with E-state index in [1.165, 1.54) is 4.31 Å². The molecule has 1 fully saturated rings. The number of sulfonamides is 1. The van der Waals surface area contributed by atoms with Gasteiger partial charge in [-0.05, 0) is 32.9 Å². The standard InChI is InChI=1S/C16H25N3O3S/c1-13(2)17-16(20)12-18-8-10-19(11-9-18)23(21,22)15-6-4-14(3)5-7-15/h4-7,13H,8-12H2,1-3H3,(H,17,20). The van der Waals surface area contributed by atoms with Crippen molar-refractivity contribution >= 4 is 15.9 Å². The van der Waals surface area contributed by atoms with E-state index >= 15 is 0 Å². The maximum absolute atomic E-state index is 12.6. The molecule has 0 bridgehead atoms. The Kier molecular flexibility index (Phi) is 5.78. The van der Waals surface area contributed by atoms with Gasteiger partial charge < -0.3 is 5.32 Å². The van der Waals surface area contributed by atoms with Crippen LogP contribution < -0.4 is 5.32 Å². The Morgan fingerprint density at radius 1 is 1.13 bits per heavy atom. The summed E-state index contributed by atoms with van der Waals surface area (Å²) in [7, 11) is -3.44. The lowest BCUT2D eigenvalue weighted by Crippen LogP contribution is -2.51. The highest BCUT2D eigenvalue weighted by Crippen LogP contribution is 2.18. The summed E-state index contributed by atoms with van der Waals surface area (Å²) >= 11 is 0. The molecular formula is C16H25N3O3S. The second-order valence-electron chi connectivity index (χ2n) is 6.22. The molecule has 0 saturated carbocycles. The van der Waals surface area contributed by atoms with E-state index in [0.29, 0.717) is 37.6 Å². The summed E-state index contributed by atoms with van der Waals surface area (Å²) in [6.07, 6.45) is 0. The molecule has 1 aromatic rings. The van der Waals surface area contributed by atoms with Crippen LogP contribution in [-0.2, 0) is 14.8 Å². The van der Waals surface area contributed by atoms with Gasteiger partial charge in [-0.15, -0.1) is 0 Å². The summed E-state index contributed by atoms with van der Waals surface area (Å²) in [6, 6.07) is 7.02. The Balaban J connectivity index is 1.93. The van der Waals surface area contributed by atoms with Crippen molar-refractivity contribution in [2.75, 3.05) is 32.7 Å². The van der Waals surface area contributed by atoms with Crippen molar-refractivity contribution in [3.05, 3.63) is 29.8 Å². The Morgan fingerprint density at radius 2 is 1.70 bits per heavy atom. The predicted molar refractivity (Wildman–Crippen MR) is 89.7 cm³/mol. The van der Waals surface area contributed by atoms with Crippen molar-refractivity contribution in [1.82, 2.24) is 14.5 Å². The monoisotopic (exact) mass is 339 g/mol. The first-order valence-corrected chi connectivity index (χ1v) is 9.31. The minimum absolute atomic E-state index is 0.0187. The number of carbonyl (C=O) groups is 1. The zero-order chi connectivity index (χ0) is 17.0. The first kappa shape index (κ1) is 17.9. The number of nitrogens with zero attached hydrogens (tertiary/aromatic N) is 2. The van der Waals surface area contributed by atoms with Crippen molar-refractivity contribution in [2.24, 2.45) is 0 Å². The van der Waals surface area contributed by atoms with Gasteiger partial charge >= 0.3 is 0 Å². The maximum atomic E-state index is 12.6. The van der Waals surface area contributed by atoms with Gasteiger partial charge in [-0.25, -0.2) is 8.42 Å². The van der Waals surface area contributed by atoms with Crippen LogP contribution in [0.25, 0.3) is 0 Å². The Bertz CT molecular complexity index is 633. The minimum Gasteiger partial charge on any atom is -0.353 e. The lowest BCUT2D eigenvalue weighted by Gasteiger charge is -2.33. The summed E-state index contributed by atoms with van der Waals surface area (Å²) in [5.74, 6) is -0.0187. The van der Waals surface area contributed by atoms with Crippen LogP contribution >= 0.6 is 0 Å². The molecule has 0 atom stereocenters. The molecule has 0 radical (unpaired) electrons. The van der Waals surface area contributed by atoms with E-state index in [-0.39, 0.29) is 11.9 Å². The number of rotatable bonds is 5. The lowest BCUT2D eigenvalue weighted by molar-refractivity contribution is -0.123. The van der Waals surface area contributed by atoms with Crippen LogP contribution in [0.1, 0.15) is 19.4 Å². The van der Waals surface area contributed by atoms with Gasteiger partial charge in [0.15, 0.2) is 0 Å². The van der Waals surface area contributed by atoms with Gasteiger partial charge in [0.25, 0.3) is 0 Å². The number of hydrogen-bond acceptors (Lipinski definition) is 4. The first-order valence-electron chi connectivity index (χ1n) is 7.87. The quantitative estimate of drug-likeness (QED) is 0.862. The van der Waals surface area contributed by atoms with Gasteiger partial charge in [0.1, 0.15) is 0 Å². The molecular weight excluding hydrogens is 314 g/mol. The Morgan fingerprint density at radius 3 is 2.22 bits per heavy atom. The molecule has 1 N–H and O–H groups in total. The number of hydrogen-bond donors (Lipinski definition) is 1. The van der Waals surface area contributed by atoms with Gasteiger partial charge in [-0.1, -0.05) is 17.7 Å². The summed E-state index contributed by atoms with van der Waals surface area (Å²) in [4.78, 5) is 14.1. The van der Waals surface area contributed by atoms with E-state index in [1.54, 1.807) is 24.3 Å². The van der Waals surface area contributed by atoms with Crippen LogP contribution in [0.4, 0.5) is 0 Å². The van der Waals surface area contributed by atoms with E-state index < -0.39 is 10.0 Å². The van der Waals surface area contributed by atoms with Crippen molar-refractivity contribution in [3.8, 4) is 0 Å². The molecule has 6 nitrogen and oxygen atoms in total. The van der Waals surface area contributed by atoms with Crippen molar-refractivity contribution in [3.63, 3.8) is 0 Å². The minimum atomic E-state index is -3.44. The first-order chi connectivity index (χ1) is 10.8. The van der Waals surface area contributed by atoms with Crippen LogP contribution in [0, 0.1) is 6.92 Å². The molecule has 7 heteroatoms. The molecule has 23 heavy (non-hydrogen) atoms. The van der Waals surface area contributed by atoms with E-state index in [2.05, 4.69) is 5.32 Å². The molecule has 0 aromatic heterocycles. The van der Waals surface area contributed by atoms with E-state index in [9.17, 15) is 13.2 Å². The fourth-order valence-corrected chi connectivity index (χ4v) is 3.98. The molecule has 1 amide bonds. The fourth-order valence-electron chi connectivity index (χ4n) is 2.56. The SMILES string of the molecule is Cc1ccc(S(=O)(=O)N2CCN(CC(=O)NC(C)C)CC2)cc1. The highest BCUT2D eigenvalue weighted by Gasteiger charge is 2.28. The average molecular weight is 339 g/mol. The zero-order valence-electron chi connectivity index (χ0n) is 13.9. The van der Waals surface area contributed by atoms with Crippen LogP contribution in [0.15, 0.2) is 29.2 Å². The second-order valence-corrected chi connectivity index (χ2v) is 8.15. The number of amides is 1. The molecule has 0 unspecified atom stereocenters. The molecule has 2 rings (SSSR count). The summed E-state index contributed by atoms with van der Waals surface area (Å²) in [5, 5.41) is 2.85. The lowest BCUT2D eigenvalue weighted by atomic mass is 10.2. The highest BCUT2D eigenvalue weighted by molar-refractivity contribution is 7.89. The normalized spacial score (nSPS) is 17.4. The van der Waals surface area contributed by atoms with Crippen LogP contribution in [0.2, 0.25) is 0 Å².